The zero-order valence-electron chi connectivity index (χ0n) is 23.4. The first-order chi connectivity index (χ1) is 20.5. The highest BCUT2D eigenvalue weighted by Crippen LogP contribution is 2.62. The number of para-hydroxylation sites is 2. The average Bonchev–Trinajstić information content (AvgIpc) is 3.62. The van der Waals surface area contributed by atoms with Crippen molar-refractivity contribution in [2.45, 2.75) is 24.7 Å². The van der Waals surface area contributed by atoms with Crippen molar-refractivity contribution in [2.75, 3.05) is 0 Å². The van der Waals surface area contributed by atoms with E-state index in [1.165, 1.54) is 50.1 Å². The molecule has 2 aliphatic carbocycles. The summed E-state index contributed by atoms with van der Waals surface area (Å²) in [6.45, 7) is 4.72. The van der Waals surface area contributed by atoms with Crippen LogP contribution in [-0.2, 0) is 10.8 Å². The number of hydrogen-bond acceptors (Lipinski definition) is 1. The van der Waals surface area contributed by atoms with Gasteiger partial charge in [0.2, 0.25) is 0 Å². The van der Waals surface area contributed by atoms with Gasteiger partial charge in [-0.2, -0.15) is 0 Å². The lowest BCUT2D eigenvalue weighted by atomic mass is 9.63. The normalized spacial score (nSPS) is 15.4. The maximum absolute atomic E-state index is 7.13. The van der Waals surface area contributed by atoms with E-state index in [4.69, 9.17) is 16.0 Å². The Kier molecular flexibility index (Phi) is 4.72. The molecule has 0 atom stereocenters. The van der Waals surface area contributed by atoms with E-state index in [2.05, 4.69) is 135 Å². The van der Waals surface area contributed by atoms with Crippen LogP contribution >= 0.6 is 11.6 Å². The summed E-state index contributed by atoms with van der Waals surface area (Å²) in [5.74, 6) is 0. The Labute approximate surface area is 250 Å². The standard InChI is InChI=1S/C40H27ClO/c1-39(2)31-17-7-3-14-27(31)30-22-24(41)23-35(37(30)39)40(32-18-8-4-12-25(32)26-13-5-9-19-33(26)40)34-20-11-16-29-28-15-6-10-21-36(28)42-38(29)34/h3-23H,1-2H3. The molecule has 42 heavy (non-hydrogen) atoms. The second-order valence-corrected chi connectivity index (χ2v) is 12.6. The zero-order chi connectivity index (χ0) is 28.2. The molecule has 1 heterocycles. The molecule has 0 bridgehead atoms. The Morgan fingerprint density at radius 2 is 1.05 bits per heavy atom. The molecule has 9 rings (SSSR count). The lowest BCUT2D eigenvalue weighted by Crippen LogP contribution is -2.32. The number of fused-ring (bicyclic) bond motifs is 9. The molecule has 0 fully saturated rings. The van der Waals surface area contributed by atoms with Gasteiger partial charge in [-0.3, -0.25) is 0 Å². The fraction of sp³-hybridized carbons (Fsp3) is 0.100. The van der Waals surface area contributed by atoms with Crippen LogP contribution in [0.1, 0.15) is 47.2 Å². The lowest BCUT2D eigenvalue weighted by molar-refractivity contribution is 0.620. The number of benzene rings is 6. The second-order valence-electron chi connectivity index (χ2n) is 12.2. The van der Waals surface area contributed by atoms with Crippen molar-refractivity contribution in [2.24, 2.45) is 0 Å². The monoisotopic (exact) mass is 558 g/mol. The van der Waals surface area contributed by atoms with Crippen LogP contribution in [0, 0.1) is 0 Å². The predicted molar refractivity (Wildman–Crippen MR) is 174 cm³/mol. The summed E-state index contributed by atoms with van der Waals surface area (Å²) < 4.78 is 6.80. The fourth-order valence-corrected chi connectivity index (χ4v) is 8.41. The first-order valence-electron chi connectivity index (χ1n) is 14.6. The van der Waals surface area contributed by atoms with Crippen molar-refractivity contribution in [3.8, 4) is 22.3 Å². The Balaban J connectivity index is 1.53. The van der Waals surface area contributed by atoms with E-state index in [0.29, 0.717) is 0 Å². The Morgan fingerprint density at radius 1 is 0.500 bits per heavy atom. The highest BCUT2D eigenvalue weighted by Gasteiger charge is 2.51. The Morgan fingerprint density at radius 3 is 1.76 bits per heavy atom. The van der Waals surface area contributed by atoms with Gasteiger partial charge in [-0.25, -0.2) is 0 Å². The summed E-state index contributed by atoms with van der Waals surface area (Å²) in [4.78, 5) is 0. The Hall–Kier alpha value is -4.59. The summed E-state index contributed by atoms with van der Waals surface area (Å²) >= 11 is 7.13. The van der Waals surface area contributed by atoms with E-state index in [1.807, 2.05) is 6.07 Å². The second kappa shape index (κ2) is 8.25. The fourth-order valence-electron chi connectivity index (χ4n) is 8.19. The number of hydrogen-bond donors (Lipinski definition) is 0. The molecule has 200 valence electrons. The van der Waals surface area contributed by atoms with Crippen molar-refractivity contribution < 1.29 is 4.42 Å². The smallest absolute Gasteiger partial charge is 0.140 e. The van der Waals surface area contributed by atoms with Crippen LogP contribution in [0.4, 0.5) is 0 Å². The van der Waals surface area contributed by atoms with Gasteiger partial charge in [0.15, 0.2) is 0 Å². The SMILES string of the molecule is CC1(C)c2ccccc2-c2cc(Cl)cc(C3(c4cccc5c4oc4ccccc45)c4ccccc4-c4ccccc43)c21. The number of halogens is 1. The van der Waals surface area contributed by atoms with E-state index < -0.39 is 5.41 Å². The third-order valence-corrected chi connectivity index (χ3v) is 10.0. The van der Waals surface area contributed by atoms with E-state index in [-0.39, 0.29) is 5.41 Å². The molecule has 1 nitrogen and oxygen atoms in total. The van der Waals surface area contributed by atoms with E-state index in [0.717, 1.165) is 32.5 Å². The minimum Gasteiger partial charge on any atom is -0.456 e. The van der Waals surface area contributed by atoms with Crippen LogP contribution in [0.3, 0.4) is 0 Å². The summed E-state index contributed by atoms with van der Waals surface area (Å²) in [5.41, 5.74) is 13.5. The maximum Gasteiger partial charge on any atom is 0.140 e. The topological polar surface area (TPSA) is 13.1 Å². The molecule has 0 radical (unpaired) electrons. The highest BCUT2D eigenvalue weighted by atomic mass is 35.5. The average molecular weight is 559 g/mol. The molecule has 0 aliphatic heterocycles. The summed E-state index contributed by atoms with van der Waals surface area (Å²) in [5, 5.41) is 3.01. The van der Waals surface area contributed by atoms with Crippen LogP contribution < -0.4 is 0 Å². The van der Waals surface area contributed by atoms with Crippen molar-refractivity contribution in [1.29, 1.82) is 0 Å². The molecular weight excluding hydrogens is 532 g/mol. The molecule has 1 aromatic heterocycles. The van der Waals surface area contributed by atoms with Gasteiger partial charge >= 0.3 is 0 Å². The first kappa shape index (κ1) is 24.1. The summed E-state index contributed by atoms with van der Waals surface area (Å²) in [6, 6.07) is 46.0. The highest BCUT2D eigenvalue weighted by molar-refractivity contribution is 6.31. The van der Waals surface area contributed by atoms with Gasteiger partial charge in [0.1, 0.15) is 11.2 Å². The van der Waals surface area contributed by atoms with E-state index >= 15 is 0 Å². The van der Waals surface area contributed by atoms with Crippen molar-refractivity contribution >= 4 is 33.5 Å². The van der Waals surface area contributed by atoms with Crippen molar-refractivity contribution in [3.05, 3.63) is 166 Å². The molecule has 0 N–H and O–H groups in total. The minimum atomic E-state index is -0.644. The first-order valence-corrected chi connectivity index (χ1v) is 14.9. The van der Waals surface area contributed by atoms with Gasteiger partial charge in [-0.1, -0.05) is 135 Å². The van der Waals surface area contributed by atoms with Gasteiger partial charge in [0.25, 0.3) is 0 Å². The van der Waals surface area contributed by atoms with Crippen molar-refractivity contribution in [1.82, 2.24) is 0 Å². The molecular formula is C40H27ClO. The van der Waals surface area contributed by atoms with E-state index in [1.54, 1.807) is 0 Å². The quantitative estimate of drug-likeness (QED) is 0.206. The molecule has 0 saturated carbocycles. The number of furan rings is 1. The zero-order valence-corrected chi connectivity index (χ0v) is 24.2. The van der Waals surface area contributed by atoms with Crippen LogP contribution in [0.25, 0.3) is 44.2 Å². The van der Waals surface area contributed by atoms with Gasteiger partial charge in [0.05, 0.1) is 5.41 Å². The Bertz CT molecular complexity index is 2200. The van der Waals surface area contributed by atoms with Gasteiger partial charge < -0.3 is 4.42 Å². The summed E-state index contributed by atoms with van der Waals surface area (Å²) in [7, 11) is 0. The molecule has 0 unspecified atom stereocenters. The lowest BCUT2D eigenvalue weighted by Gasteiger charge is -2.38. The van der Waals surface area contributed by atoms with Gasteiger partial charge in [-0.05, 0) is 68.3 Å². The molecule has 7 aromatic rings. The molecule has 0 saturated heterocycles. The third-order valence-electron chi connectivity index (χ3n) is 9.78. The summed E-state index contributed by atoms with van der Waals surface area (Å²) in [6.07, 6.45) is 0. The molecule has 0 spiro atoms. The molecule has 2 heteroatoms. The van der Waals surface area contributed by atoms with Crippen LogP contribution in [-0.4, -0.2) is 0 Å². The van der Waals surface area contributed by atoms with Crippen molar-refractivity contribution in [3.63, 3.8) is 0 Å². The van der Waals surface area contributed by atoms with Gasteiger partial charge in [0, 0.05) is 26.8 Å². The van der Waals surface area contributed by atoms with Crippen LogP contribution in [0.2, 0.25) is 5.02 Å². The largest absolute Gasteiger partial charge is 0.456 e. The van der Waals surface area contributed by atoms with Gasteiger partial charge in [-0.15, -0.1) is 0 Å². The minimum absolute atomic E-state index is 0.229. The van der Waals surface area contributed by atoms with E-state index in [9.17, 15) is 0 Å². The molecule has 6 aromatic carbocycles. The van der Waals surface area contributed by atoms with Crippen LogP contribution in [0.15, 0.2) is 132 Å². The van der Waals surface area contributed by atoms with Crippen LogP contribution in [0.5, 0.6) is 0 Å². The third kappa shape index (κ3) is 2.84. The predicted octanol–water partition coefficient (Wildman–Crippen LogP) is 10.9. The number of rotatable bonds is 2. The maximum atomic E-state index is 7.13. The molecule has 2 aliphatic rings. The molecule has 0 amide bonds.